The lowest BCUT2D eigenvalue weighted by Gasteiger charge is -2.30. The number of hydrogen-bond acceptors (Lipinski definition) is 4. The Kier molecular flexibility index (Phi) is 3.44. The Balaban J connectivity index is 1.91. The fraction of sp³-hybridized carbons (Fsp3) is 0.467. The molecule has 1 amide bonds. The van der Waals surface area contributed by atoms with Crippen LogP contribution in [-0.4, -0.2) is 61.3 Å². The number of nitrogens with zero attached hydrogens (tertiary/aromatic N) is 4. The Hall–Kier alpha value is -1.88. The number of piperazine rings is 1. The second-order valence-electron chi connectivity index (χ2n) is 5.27. The Labute approximate surface area is 119 Å². The van der Waals surface area contributed by atoms with Gasteiger partial charge in [-0.1, -0.05) is 18.2 Å². The summed E-state index contributed by atoms with van der Waals surface area (Å²) in [7, 11) is 2.11. The highest BCUT2D eigenvalue weighted by Crippen LogP contribution is 2.29. The van der Waals surface area contributed by atoms with E-state index in [1.54, 1.807) is 4.90 Å². The topological polar surface area (TPSA) is 39.2 Å². The summed E-state index contributed by atoms with van der Waals surface area (Å²) in [5.41, 5.74) is 2.53. The first-order valence-corrected chi connectivity index (χ1v) is 7.14. The van der Waals surface area contributed by atoms with Gasteiger partial charge in [-0.05, 0) is 20.0 Å². The fourth-order valence-electron chi connectivity index (χ4n) is 2.71. The Morgan fingerprint density at radius 2 is 1.85 bits per heavy atom. The average molecular weight is 272 g/mol. The van der Waals surface area contributed by atoms with E-state index in [0.29, 0.717) is 12.3 Å². The molecule has 106 valence electrons. The first-order chi connectivity index (χ1) is 9.70. The normalized spacial score (nSPS) is 21.7. The van der Waals surface area contributed by atoms with Crippen LogP contribution >= 0.6 is 0 Å². The van der Waals surface area contributed by atoms with Gasteiger partial charge in [0.05, 0.1) is 5.69 Å². The van der Waals surface area contributed by atoms with E-state index in [1.807, 2.05) is 36.2 Å². The molecule has 5 heteroatoms. The number of para-hydroxylation sites is 1. The molecule has 0 atom stereocenters. The smallest absolute Gasteiger partial charge is 0.279 e. The number of hydrazone groups is 1. The summed E-state index contributed by atoms with van der Waals surface area (Å²) < 4.78 is 0. The minimum absolute atomic E-state index is 0.0210. The third-order valence-corrected chi connectivity index (χ3v) is 3.94. The number of anilines is 1. The maximum Gasteiger partial charge on any atom is 0.279 e. The van der Waals surface area contributed by atoms with Crippen LogP contribution in [0.25, 0.3) is 0 Å². The van der Waals surface area contributed by atoms with Crippen molar-refractivity contribution in [3.8, 4) is 0 Å². The van der Waals surface area contributed by atoms with Gasteiger partial charge in [-0.25, -0.2) is 0 Å². The SMILES string of the molecule is CCN1C(=O)/C(=N/N2CCN(C)CC2)c2ccccc21. The van der Waals surface area contributed by atoms with Crippen LogP contribution in [0.5, 0.6) is 0 Å². The third-order valence-electron chi connectivity index (χ3n) is 3.94. The third kappa shape index (κ3) is 2.18. The lowest BCUT2D eigenvalue weighted by Crippen LogP contribution is -2.42. The molecule has 3 rings (SSSR count). The van der Waals surface area contributed by atoms with Crippen LogP contribution < -0.4 is 4.90 Å². The Morgan fingerprint density at radius 3 is 2.55 bits per heavy atom. The van der Waals surface area contributed by atoms with Crippen LogP contribution in [0, 0.1) is 0 Å². The Morgan fingerprint density at radius 1 is 1.15 bits per heavy atom. The molecule has 0 bridgehead atoms. The quantitative estimate of drug-likeness (QED) is 0.806. The molecule has 1 fully saturated rings. The first-order valence-electron chi connectivity index (χ1n) is 7.14. The summed E-state index contributed by atoms with van der Waals surface area (Å²) in [6.07, 6.45) is 0. The molecule has 5 nitrogen and oxygen atoms in total. The highest BCUT2D eigenvalue weighted by molar-refractivity contribution is 6.54. The van der Waals surface area contributed by atoms with Gasteiger partial charge in [0.15, 0.2) is 5.71 Å². The fourth-order valence-corrected chi connectivity index (χ4v) is 2.71. The van der Waals surface area contributed by atoms with Gasteiger partial charge in [0, 0.05) is 38.3 Å². The number of hydrogen-bond donors (Lipinski definition) is 0. The van der Waals surface area contributed by atoms with Crippen molar-refractivity contribution in [1.82, 2.24) is 9.91 Å². The molecule has 0 N–H and O–H groups in total. The van der Waals surface area contributed by atoms with Crippen LogP contribution in [0.2, 0.25) is 0 Å². The van der Waals surface area contributed by atoms with Crippen molar-refractivity contribution in [3.05, 3.63) is 29.8 Å². The average Bonchev–Trinajstić information content (AvgIpc) is 2.74. The summed E-state index contributed by atoms with van der Waals surface area (Å²) in [6, 6.07) is 7.90. The molecule has 1 aromatic rings. The summed E-state index contributed by atoms with van der Waals surface area (Å²) in [4.78, 5) is 16.6. The van der Waals surface area contributed by atoms with Gasteiger partial charge in [-0.3, -0.25) is 9.80 Å². The van der Waals surface area contributed by atoms with Crippen LogP contribution in [-0.2, 0) is 4.79 Å². The maximum absolute atomic E-state index is 12.5. The predicted molar refractivity (Wildman–Crippen MR) is 80.1 cm³/mol. The van der Waals surface area contributed by atoms with Crippen molar-refractivity contribution in [2.24, 2.45) is 5.10 Å². The van der Waals surface area contributed by atoms with E-state index in [0.717, 1.165) is 37.4 Å². The van der Waals surface area contributed by atoms with Gasteiger partial charge in [0.25, 0.3) is 5.91 Å². The highest BCUT2D eigenvalue weighted by Gasteiger charge is 2.33. The van der Waals surface area contributed by atoms with Gasteiger partial charge in [-0.2, -0.15) is 5.10 Å². The zero-order chi connectivity index (χ0) is 14.1. The molecule has 0 aromatic heterocycles. The lowest BCUT2D eigenvalue weighted by atomic mass is 10.1. The van der Waals surface area contributed by atoms with E-state index in [-0.39, 0.29) is 5.91 Å². The van der Waals surface area contributed by atoms with Crippen molar-refractivity contribution >= 4 is 17.3 Å². The van der Waals surface area contributed by atoms with Crippen LogP contribution in [0.1, 0.15) is 12.5 Å². The summed E-state index contributed by atoms with van der Waals surface area (Å²) >= 11 is 0. The first kappa shape index (κ1) is 13.1. The molecule has 0 radical (unpaired) electrons. The largest absolute Gasteiger partial charge is 0.307 e. The molecule has 20 heavy (non-hydrogen) atoms. The van der Waals surface area contributed by atoms with E-state index in [1.165, 1.54) is 0 Å². The molecule has 1 aromatic carbocycles. The number of carbonyl (C=O) groups is 1. The second kappa shape index (κ2) is 5.25. The molecule has 2 heterocycles. The minimum Gasteiger partial charge on any atom is -0.307 e. The van der Waals surface area contributed by atoms with E-state index in [4.69, 9.17) is 0 Å². The monoisotopic (exact) mass is 272 g/mol. The molecule has 0 spiro atoms. The van der Waals surface area contributed by atoms with Crippen molar-refractivity contribution in [3.63, 3.8) is 0 Å². The molecular formula is C15H20N4O. The van der Waals surface area contributed by atoms with E-state index in [9.17, 15) is 4.79 Å². The van der Waals surface area contributed by atoms with Crippen molar-refractivity contribution in [2.45, 2.75) is 6.92 Å². The standard InChI is InChI=1S/C15H20N4O/c1-3-19-13-7-5-4-6-12(13)14(15(19)20)16-18-10-8-17(2)9-11-18/h4-7H,3,8-11H2,1-2H3/b16-14+. The summed E-state index contributed by atoms with van der Waals surface area (Å²) in [5, 5.41) is 6.64. The number of fused-ring (bicyclic) bond motifs is 1. The van der Waals surface area contributed by atoms with Gasteiger partial charge < -0.3 is 9.80 Å². The van der Waals surface area contributed by atoms with Crippen LogP contribution in [0.15, 0.2) is 29.4 Å². The molecular weight excluding hydrogens is 252 g/mol. The Bertz CT molecular complexity index is 547. The van der Waals surface area contributed by atoms with Crippen molar-refractivity contribution < 1.29 is 4.79 Å². The zero-order valence-electron chi connectivity index (χ0n) is 12.0. The van der Waals surface area contributed by atoms with Gasteiger partial charge in [0.1, 0.15) is 0 Å². The number of amides is 1. The maximum atomic E-state index is 12.5. The van der Waals surface area contributed by atoms with Gasteiger partial charge >= 0.3 is 0 Å². The predicted octanol–water partition coefficient (Wildman–Crippen LogP) is 1.00. The number of likely N-dealkylation sites (N-methyl/N-ethyl adjacent to an activating group) is 2. The summed E-state index contributed by atoms with van der Waals surface area (Å²) in [5.74, 6) is 0.0210. The van der Waals surface area contributed by atoms with Crippen LogP contribution in [0.3, 0.4) is 0 Å². The van der Waals surface area contributed by atoms with Gasteiger partial charge in [-0.15, -0.1) is 0 Å². The molecule has 0 aliphatic carbocycles. The van der Waals surface area contributed by atoms with Gasteiger partial charge in [0.2, 0.25) is 0 Å². The number of rotatable bonds is 2. The van der Waals surface area contributed by atoms with E-state index < -0.39 is 0 Å². The molecule has 2 aliphatic heterocycles. The summed E-state index contributed by atoms with van der Waals surface area (Å²) in [6.45, 7) is 6.41. The molecule has 0 saturated carbocycles. The minimum atomic E-state index is 0.0210. The molecule has 0 unspecified atom stereocenters. The van der Waals surface area contributed by atoms with Crippen LogP contribution in [0.4, 0.5) is 5.69 Å². The highest BCUT2D eigenvalue weighted by atomic mass is 16.2. The lowest BCUT2D eigenvalue weighted by molar-refractivity contribution is -0.112. The zero-order valence-corrected chi connectivity index (χ0v) is 12.0. The molecule has 1 saturated heterocycles. The number of carbonyl (C=O) groups excluding carboxylic acids is 1. The van der Waals surface area contributed by atoms with Crippen molar-refractivity contribution in [2.75, 3.05) is 44.7 Å². The van der Waals surface area contributed by atoms with Crippen molar-refractivity contribution in [1.29, 1.82) is 0 Å². The van der Waals surface area contributed by atoms with E-state index in [2.05, 4.69) is 17.0 Å². The second-order valence-corrected chi connectivity index (χ2v) is 5.27. The number of benzene rings is 1. The van der Waals surface area contributed by atoms with E-state index >= 15 is 0 Å². The molecule has 2 aliphatic rings.